The zero-order valence-electron chi connectivity index (χ0n) is 7.68. The van der Waals surface area contributed by atoms with Crippen molar-refractivity contribution in [2.45, 2.75) is 13.8 Å². The first-order valence-corrected chi connectivity index (χ1v) is 4.95. The molecule has 0 aliphatic heterocycles. The van der Waals surface area contributed by atoms with Gasteiger partial charge in [0.1, 0.15) is 0 Å². The standard InChI is InChI=1S/C6H10O7S.Na.H/c1-3-12-14(9,10)13-6(8)4-11-5(2)7;;/h3-4H2,1-2H3;;. The summed E-state index contributed by atoms with van der Waals surface area (Å²) in [6.45, 7) is 1.58. The summed E-state index contributed by atoms with van der Waals surface area (Å²) in [7, 11) is -4.32. The third-order valence-electron chi connectivity index (χ3n) is 0.850. The Balaban J connectivity index is 0. The molecular weight excluding hydrogens is 239 g/mol. The van der Waals surface area contributed by atoms with E-state index >= 15 is 0 Å². The Hall–Kier alpha value is -0.150. The van der Waals surface area contributed by atoms with Gasteiger partial charge in [-0.15, -0.1) is 0 Å². The SMILES string of the molecule is CCOS(=O)(=O)OC(=O)COC(C)=O.[NaH]. The van der Waals surface area contributed by atoms with Crippen LogP contribution in [-0.2, 0) is 33.1 Å². The quantitative estimate of drug-likeness (QED) is 0.443. The molecule has 0 amide bonds. The van der Waals surface area contributed by atoms with Crippen molar-refractivity contribution >= 4 is 51.9 Å². The Morgan fingerprint density at radius 1 is 1.27 bits per heavy atom. The van der Waals surface area contributed by atoms with Crippen LogP contribution >= 0.6 is 0 Å². The molecule has 0 spiro atoms. The molecule has 0 aliphatic rings. The summed E-state index contributed by atoms with van der Waals surface area (Å²) in [5.41, 5.74) is 0. The molecule has 0 atom stereocenters. The average Bonchev–Trinajstić information content (AvgIpc) is 1.99. The van der Waals surface area contributed by atoms with Gasteiger partial charge in [0.15, 0.2) is 6.61 Å². The molecule has 84 valence electrons. The number of hydrogen-bond acceptors (Lipinski definition) is 7. The van der Waals surface area contributed by atoms with Crippen molar-refractivity contribution in [2.24, 2.45) is 0 Å². The van der Waals surface area contributed by atoms with Crippen molar-refractivity contribution in [3.8, 4) is 0 Å². The van der Waals surface area contributed by atoms with Crippen LogP contribution in [0.2, 0.25) is 0 Å². The first-order valence-electron chi connectivity index (χ1n) is 3.62. The summed E-state index contributed by atoms with van der Waals surface area (Å²) in [6.07, 6.45) is 0. The molecule has 0 heterocycles. The van der Waals surface area contributed by atoms with Crippen LogP contribution in [0.5, 0.6) is 0 Å². The van der Waals surface area contributed by atoms with Crippen molar-refractivity contribution in [3.05, 3.63) is 0 Å². The summed E-state index contributed by atoms with van der Waals surface area (Å²) >= 11 is 0. The van der Waals surface area contributed by atoms with Crippen molar-refractivity contribution in [2.75, 3.05) is 13.2 Å². The molecule has 0 saturated carbocycles. The Morgan fingerprint density at radius 3 is 2.20 bits per heavy atom. The van der Waals surface area contributed by atoms with Gasteiger partial charge < -0.3 is 8.92 Å². The van der Waals surface area contributed by atoms with Gasteiger partial charge in [0, 0.05) is 6.92 Å². The molecule has 0 radical (unpaired) electrons. The molecule has 0 unspecified atom stereocenters. The van der Waals surface area contributed by atoms with Crippen LogP contribution in [0.4, 0.5) is 0 Å². The van der Waals surface area contributed by atoms with Crippen LogP contribution in [0, 0.1) is 0 Å². The summed E-state index contributed by atoms with van der Waals surface area (Å²) < 4.78 is 33.5. The topological polar surface area (TPSA) is 96.0 Å². The van der Waals surface area contributed by atoms with E-state index in [4.69, 9.17) is 0 Å². The van der Waals surface area contributed by atoms with E-state index in [1.54, 1.807) is 0 Å². The molecule has 0 N–H and O–H groups in total. The minimum atomic E-state index is -4.32. The van der Waals surface area contributed by atoms with Crippen LogP contribution in [-0.4, -0.2) is 63.1 Å². The Morgan fingerprint density at radius 2 is 1.80 bits per heavy atom. The van der Waals surface area contributed by atoms with E-state index in [0.29, 0.717) is 0 Å². The molecule has 7 nitrogen and oxygen atoms in total. The number of carbonyl (C=O) groups excluding carboxylic acids is 2. The zero-order valence-corrected chi connectivity index (χ0v) is 8.50. The fourth-order valence-corrected chi connectivity index (χ4v) is 1.08. The number of esters is 1. The van der Waals surface area contributed by atoms with Gasteiger partial charge in [0.2, 0.25) is 0 Å². The summed E-state index contributed by atoms with van der Waals surface area (Å²) in [5, 5.41) is 0. The number of hydrogen-bond donors (Lipinski definition) is 0. The van der Waals surface area contributed by atoms with E-state index in [1.807, 2.05) is 0 Å². The third-order valence-corrected chi connectivity index (χ3v) is 1.76. The normalized spacial score (nSPS) is 10.0. The monoisotopic (exact) mass is 250 g/mol. The van der Waals surface area contributed by atoms with E-state index in [1.165, 1.54) is 6.92 Å². The van der Waals surface area contributed by atoms with Gasteiger partial charge in [-0.3, -0.25) is 4.79 Å². The van der Waals surface area contributed by atoms with Crippen molar-refractivity contribution < 1.29 is 31.1 Å². The van der Waals surface area contributed by atoms with Gasteiger partial charge in [-0.05, 0) is 6.92 Å². The molecule has 0 aliphatic carbocycles. The molecule has 0 aromatic heterocycles. The van der Waals surface area contributed by atoms with Gasteiger partial charge in [-0.2, -0.15) is 8.42 Å². The summed E-state index contributed by atoms with van der Waals surface area (Å²) in [5.74, 6) is -1.93. The van der Waals surface area contributed by atoms with Gasteiger partial charge in [0.05, 0.1) is 6.61 Å². The molecule has 0 fully saturated rings. The second kappa shape index (κ2) is 8.05. The van der Waals surface area contributed by atoms with Crippen LogP contribution in [0.1, 0.15) is 13.8 Å². The number of ether oxygens (including phenoxy) is 1. The Kier molecular flexibility index (Phi) is 9.26. The van der Waals surface area contributed by atoms with E-state index in [9.17, 15) is 18.0 Å². The Bertz CT molecular complexity index is 309. The molecular formula is C6H11NaO7S. The molecule has 0 bridgehead atoms. The first-order chi connectivity index (χ1) is 6.37. The minimum absolute atomic E-state index is 0. The molecule has 0 aromatic rings. The van der Waals surface area contributed by atoms with E-state index in [0.717, 1.165) is 6.92 Å². The van der Waals surface area contributed by atoms with E-state index in [2.05, 4.69) is 13.1 Å². The van der Waals surface area contributed by atoms with Crippen LogP contribution in [0.25, 0.3) is 0 Å². The van der Waals surface area contributed by atoms with Crippen LogP contribution < -0.4 is 0 Å². The summed E-state index contributed by atoms with van der Waals surface area (Å²) in [6, 6.07) is 0. The molecule has 15 heavy (non-hydrogen) atoms. The maximum absolute atomic E-state index is 10.7. The second-order valence-electron chi connectivity index (χ2n) is 2.05. The number of carbonyl (C=O) groups is 2. The molecule has 9 heteroatoms. The van der Waals surface area contributed by atoms with Gasteiger partial charge in [0.25, 0.3) is 0 Å². The van der Waals surface area contributed by atoms with Crippen molar-refractivity contribution in [1.29, 1.82) is 0 Å². The molecule has 0 aromatic carbocycles. The summed E-state index contributed by atoms with van der Waals surface area (Å²) in [4.78, 5) is 20.9. The van der Waals surface area contributed by atoms with Gasteiger partial charge >= 0.3 is 51.9 Å². The first kappa shape index (κ1) is 17.3. The molecule has 0 saturated heterocycles. The number of rotatable bonds is 5. The zero-order chi connectivity index (χ0) is 11.2. The van der Waals surface area contributed by atoms with Gasteiger partial charge in [-0.25, -0.2) is 8.98 Å². The van der Waals surface area contributed by atoms with Gasteiger partial charge in [-0.1, -0.05) is 0 Å². The van der Waals surface area contributed by atoms with Crippen molar-refractivity contribution in [3.63, 3.8) is 0 Å². The third kappa shape index (κ3) is 10.1. The van der Waals surface area contributed by atoms with Crippen molar-refractivity contribution in [1.82, 2.24) is 0 Å². The predicted octanol–water partition coefficient (Wildman–Crippen LogP) is -1.27. The second-order valence-corrected chi connectivity index (χ2v) is 3.27. The fraction of sp³-hybridized carbons (Fsp3) is 0.667. The van der Waals surface area contributed by atoms with Crippen LogP contribution in [0.15, 0.2) is 0 Å². The van der Waals surface area contributed by atoms with E-state index in [-0.39, 0.29) is 36.2 Å². The predicted molar refractivity (Wildman–Crippen MR) is 50.4 cm³/mol. The average molecular weight is 250 g/mol. The Labute approximate surface area is 110 Å². The fourth-order valence-electron chi connectivity index (χ4n) is 0.467. The van der Waals surface area contributed by atoms with Crippen LogP contribution in [0.3, 0.4) is 0 Å². The van der Waals surface area contributed by atoms with E-state index < -0.39 is 28.9 Å². The molecule has 0 rings (SSSR count). The maximum atomic E-state index is 10.7.